The molecule has 0 amide bonds. The second kappa shape index (κ2) is 5.42. The molecule has 1 aromatic carbocycles. The summed E-state index contributed by atoms with van der Waals surface area (Å²) in [6.07, 6.45) is 0. The first-order chi connectivity index (χ1) is 7.10. The second-order valence-electron chi connectivity index (χ2n) is 2.90. The van der Waals surface area contributed by atoms with Crippen molar-refractivity contribution in [1.29, 1.82) is 0 Å². The molecule has 0 aliphatic heterocycles. The smallest absolute Gasteiger partial charge is 0.199 e. The highest BCUT2D eigenvalue weighted by atomic mass is 32.3. The summed E-state index contributed by atoms with van der Waals surface area (Å²) in [6.45, 7) is 3.91. The molecule has 0 saturated carbocycles. The van der Waals surface area contributed by atoms with Crippen molar-refractivity contribution in [3.63, 3.8) is 0 Å². The van der Waals surface area contributed by atoms with Crippen LogP contribution >= 0.6 is 0 Å². The third-order valence-electron chi connectivity index (χ3n) is 1.91. The molecule has 0 saturated heterocycles. The molecule has 3 nitrogen and oxygen atoms in total. The Morgan fingerprint density at radius 3 is 2.13 bits per heavy atom. The molecule has 0 aliphatic carbocycles. The van der Waals surface area contributed by atoms with E-state index in [1.165, 1.54) is 0 Å². The first kappa shape index (κ1) is 12.4. The molecular formula is C10H15NO2S2. The van der Waals surface area contributed by atoms with Crippen molar-refractivity contribution in [3.8, 4) is 0 Å². The zero-order valence-electron chi connectivity index (χ0n) is 8.88. The van der Waals surface area contributed by atoms with E-state index < -0.39 is 10.0 Å². The van der Waals surface area contributed by atoms with Gasteiger partial charge in [0.25, 0.3) is 10.0 Å². The fourth-order valence-corrected chi connectivity index (χ4v) is 4.29. The van der Waals surface area contributed by atoms with Gasteiger partial charge in [-0.05, 0) is 12.1 Å². The van der Waals surface area contributed by atoms with Gasteiger partial charge in [0.15, 0.2) is 0 Å². The van der Waals surface area contributed by atoms with Crippen LogP contribution in [0.15, 0.2) is 39.0 Å². The van der Waals surface area contributed by atoms with Crippen LogP contribution < -0.4 is 0 Å². The number of nitrogens with zero attached hydrogens (tertiary/aromatic N) is 1. The summed E-state index contributed by atoms with van der Waals surface area (Å²) in [6, 6.07) is 8.35. The monoisotopic (exact) mass is 245 g/mol. The summed E-state index contributed by atoms with van der Waals surface area (Å²) in [5.41, 5.74) is 0. The molecule has 0 atom stereocenters. The Labute approximate surface area is 93.7 Å². The van der Waals surface area contributed by atoms with E-state index in [4.69, 9.17) is 0 Å². The molecule has 0 bridgehead atoms. The molecule has 0 fully saturated rings. The van der Waals surface area contributed by atoms with E-state index in [-0.39, 0.29) is 15.6 Å². The predicted molar refractivity (Wildman–Crippen MR) is 64.5 cm³/mol. The van der Waals surface area contributed by atoms with Crippen molar-refractivity contribution in [2.75, 3.05) is 11.5 Å². The molecule has 0 unspecified atom stereocenters. The van der Waals surface area contributed by atoms with Gasteiger partial charge in [0.05, 0.1) is 4.90 Å². The average Bonchev–Trinajstić information content (AvgIpc) is 2.27. The summed E-state index contributed by atoms with van der Waals surface area (Å²) in [5.74, 6) is 1.56. The van der Waals surface area contributed by atoms with Gasteiger partial charge in [-0.15, -0.1) is 3.77 Å². The molecule has 1 rings (SSSR count). The lowest BCUT2D eigenvalue weighted by molar-refractivity contribution is 0.598. The van der Waals surface area contributed by atoms with Crippen molar-refractivity contribution in [2.24, 2.45) is 3.77 Å². The topological polar surface area (TPSA) is 46.5 Å². The lowest BCUT2D eigenvalue weighted by atomic mass is 10.4. The third kappa shape index (κ3) is 3.43. The van der Waals surface area contributed by atoms with Crippen LogP contribution in [0.4, 0.5) is 0 Å². The van der Waals surface area contributed by atoms with E-state index >= 15 is 0 Å². The Hall–Kier alpha value is -0.680. The van der Waals surface area contributed by atoms with Crippen LogP contribution in [0.1, 0.15) is 13.8 Å². The molecule has 0 aliphatic rings. The molecule has 0 aromatic heterocycles. The average molecular weight is 245 g/mol. The highest BCUT2D eigenvalue weighted by molar-refractivity contribution is 8.00. The lowest BCUT2D eigenvalue weighted by Crippen LogP contribution is -2.03. The van der Waals surface area contributed by atoms with Crippen LogP contribution in [0.3, 0.4) is 0 Å². The molecule has 0 heterocycles. The molecule has 0 N–H and O–H groups in total. The van der Waals surface area contributed by atoms with Gasteiger partial charge in [0.1, 0.15) is 0 Å². The molecule has 1 aromatic rings. The fourth-order valence-electron chi connectivity index (χ4n) is 1.08. The lowest BCUT2D eigenvalue weighted by Gasteiger charge is -2.02. The molecule has 0 spiro atoms. The van der Waals surface area contributed by atoms with Gasteiger partial charge in [-0.2, -0.15) is 8.42 Å². The number of hydrogen-bond acceptors (Lipinski definition) is 2. The molecule has 0 radical (unpaired) electrons. The van der Waals surface area contributed by atoms with Crippen molar-refractivity contribution in [2.45, 2.75) is 18.7 Å². The van der Waals surface area contributed by atoms with Gasteiger partial charge in [-0.1, -0.05) is 42.7 Å². The number of sulfonamides is 1. The molecule has 15 heavy (non-hydrogen) atoms. The van der Waals surface area contributed by atoms with Crippen molar-refractivity contribution < 1.29 is 8.42 Å². The first-order valence-corrected chi connectivity index (χ1v) is 7.76. The number of rotatable bonds is 4. The standard InChI is InChI=1S/C10H15NO2S2/c1-3-14(4-2)11-15(12,13)10-8-6-5-7-9-10/h5-9H,3-4H2,1-2H3. The van der Waals surface area contributed by atoms with Gasteiger partial charge < -0.3 is 0 Å². The minimum Gasteiger partial charge on any atom is -0.199 e. The maximum absolute atomic E-state index is 11.8. The van der Waals surface area contributed by atoms with Gasteiger partial charge in [0, 0.05) is 11.5 Å². The maximum Gasteiger partial charge on any atom is 0.287 e. The maximum atomic E-state index is 11.8. The minimum atomic E-state index is -3.45. The van der Waals surface area contributed by atoms with E-state index in [2.05, 4.69) is 3.77 Å². The Morgan fingerprint density at radius 2 is 1.67 bits per heavy atom. The third-order valence-corrected chi connectivity index (χ3v) is 5.74. The summed E-state index contributed by atoms with van der Waals surface area (Å²) in [7, 11) is -3.82. The summed E-state index contributed by atoms with van der Waals surface area (Å²) in [5, 5.41) is 0. The zero-order valence-corrected chi connectivity index (χ0v) is 10.5. The van der Waals surface area contributed by atoms with Crippen LogP contribution in [0.5, 0.6) is 0 Å². The molecule has 84 valence electrons. The number of benzene rings is 1. The fraction of sp³-hybridized carbons (Fsp3) is 0.400. The van der Waals surface area contributed by atoms with Gasteiger partial charge >= 0.3 is 0 Å². The van der Waals surface area contributed by atoms with Crippen LogP contribution in [-0.4, -0.2) is 19.9 Å². The first-order valence-electron chi connectivity index (χ1n) is 4.80. The summed E-state index contributed by atoms with van der Waals surface area (Å²) >= 11 is 0. The predicted octanol–water partition coefficient (Wildman–Crippen LogP) is 2.22. The van der Waals surface area contributed by atoms with Gasteiger partial charge in [0.2, 0.25) is 0 Å². The minimum absolute atomic E-state index is 0.282. The SMILES string of the molecule is CCS(CC)=NS(=O)(=O)c1ccccc1. The Bertz CT molecular complexity index is 432. The normalized spacial score (nSPS) is 11.7. The van der Waals surface area contributed by atoms with Crippen LogP contribution in [0.2, 0.25) is 0 Å². The van der Waals surface area contributed by atoms with E-state index in [9.17, 15) is 8.42 Å². The summed E-state index contributed by atoms with van der Waals surface area (Å²) < 4.78 is 27.5. The highest BCUT2D eigenvalue weighted by Gasteiger charge is 2.11. The molecular weight excluding hydrogens is 230 g/mol. The van der Waals surface area contributed by atoms with Crippen LogP contribution in [0, 0.1) is 0 Å². The van der Waals surface area contributed by atoms with Crippen molar-refractivity contribution in [1.82, 2.24) is 0 Å². The van der Waals surface area contributed by atoms with E-state index in [0.717, 1.165) is 11.5 Å². The van der Waals surface area contributed by atoms with Gasteiger partial charge in [-0.25, -0.2) is 0 Å². The largest absolute Gasteiger partial charge is 0.287 e. The van der Waals surface area contributed by atoms with E-state index in [1.54, 1.807) is 30.3 Å². The quantitative estimate of drug-likeness (QED) is 0.816. The van der Waals surface area contributed by atoms with Crippen LogP contribution in [-0.2, 0) is 20.7 Å². The highest BCUT2D eigenvalue weighted by Crippen LogP contribution is 2.12. The van der Waals surface area contributed by atoms with Crippen LogP contribution in [0.25, 0.3) is 0 Å². The van der Waals surface area contributed by atoms with Crippen molar-refractivity contribution in [3.05, 3.63) is 30.3 Å². The Kier molecular flexibility index (Phi) is 4.47. The molecule has 5 heteroatoms. The second-order valence-corrected chi connectivity index (χ2v) is 7.00. The van der Waals surface area contributed by atoms with E-state index in [1.807, 2.05) is 13.8 Å². The Balaban J connectivity index is 3.10. The van der Waals surface area contributed by atoms with Gasteiger partial charge in [-0.3, -0.25) is 0 Å². The Morgan fingerprint density at radius 1 is 1.13 bits per heavy atom. The zero-order chi connectivity index (χ0) is 11.3. The van der Waals surface area contributed by atoms with Crippen molar-refractivity contribution >= 4 is 20.7 Å². The van der Waals surface area contributed by atoms with E-state index in [0.29, 0.717) is 0 Å². The number of hydrogen-bond donors (Lipinski definition) is 0. The summed E-state index contributed by atoms with van der Waals surface area (Å²) in [4.78, 5) is 0.282.